The minimum atomic E-state index is 0. The van der Waals surface area contributed by atoms with E-state index in [-0.39, 0.29) is 24.0 Å². The lowest BCUT2D eigenvalue weighted by molar-refractivity contribution is 0.454. The Morgan fingerprint density at radius 1 is 1.32 bits per heavy atom. The number of aryl methyl sites for hydroxylation is 2. The first-order valence-electron chi connectivity index (χ1n) is 9.27. The van der Waals surface area contributed by atoms with Crippen LogP contribution in [0.1, 0.15) is 51.3 Å². The van der Waals surface area contributed by atoms with Crippen molar-refractivity contribution in [3.63, 3.8) is 0 Å². The second-order valence-electron chi connectivity index (χ2n) is 6.17. The number of imidazole rings is 1. The highest BCUT2D eigenvalue weighted by molar-refractivity contribution is 14.0. The van der Waals surface area contributed by atoms with Crippen LogP contribution in [-0.4, -0.2) is 47.1 Å². The van der Waals surface area contributed by atoms with Gasteiger partial charge in [-0.3, -0.25) is 4.99 Å². The highest BCUT2D eigenvalue weighted by Crippen LogP contribution is 2.03. The number of unbranched alkanes of at least 4 members (excludes halogenated alkanes) is 4. The van der Waals surface area contributed by atoms with Crippen LogP contribution in [0.2, 0.25) is 0 Å². The van der Waals surface area contributed by atoms with Gasteiger partial charge in [-0.1, -0.05) is 12.5 Å². The number of guanidine groups is 1. The smallest absolute Gasteiger partial charge is 0.193 e. The van der Waals surface area contributed by atoms with Gasteiger partial charge in [0.05, 0.1) is 0 Å². The monoisotopic (exact) mass is 461 g/mol. The topological polar surface area (TPSA) is 45.5 Å². The molecule has 1 aromatic rings. The Morgan fingerprint density at radius 3 is 2.76 bits per heavy atom. The van der Waals surface area contributed by atoms with E-state index in [0.717, 1.165) is 57.2 Å². The highest BCUT2D eigenvalue weighted by Gasteiger charge is 2.04. The van der Waals surface area contributed by atoms with Crippen molar-refractivity contribution in [2.75, 3.05) is 26.7 Å². The maximum atomic E-state index is 4.76. The molecule has 0 saturated carbocycles. The zero-order chi connectivity index (χ0) is 17.6. The summed E-state index contributed by atoms with van der Waals surface area (Å²) in [5.41, 5.74) is 0. The molecule has 0 saturated heterocycles. The van der Waals surface area contributed by atoms with Crippen LogP contribution in [0, 0.1) is 6.92 Å². The van der Waals surface area contributed by atoms with E-state index in [2.05, 4.69) is 40.3 Å². The van der Waals surface area contributed by atoms with Crippen molar-refractivity contribution in [3.05, 3.63) is 30.9 Å². The molecule has 25 heavy (non-hydrogen) atoms. The molecule has 1 heterocycles. The number of nitrogens with one attached hydrogen (secondary N) is 1. The third-order valence-corrected chi connectivity index (χ3v) is 4.09. The zero-order valence-electron chi connectivity index (χ0n) is 16.2. The number of rotatable bonds is 12. The van der Waals surface area contributed by atoms with Crippen LogP contribution in [0.4, 0.5) is 0 Å². The van der Waals surface area contributed by atoms with Crippen molar-refractivity contribution in [3.8, 4) is 0 Å². The molecule has 0 aromatic carbocycles. The van der Waals surface area contributed by atoms with Gasteiger partial charge in [0.1, 0.15) is 5.82 Å². The Bertz CT molecular complexity index is 484. The van der Waals surface area contributed by atoms with Crippen LogP contribution < -0.4 is 5.32 Å². The third-order valence-electron chi connectivity index (χ3n) is 4.09. The maximum Gasteiger partial charge on any atom is 0.193 e. The summed E-state index contributed by atoms with van der Waals surface area (Å²) in [6.45, 7) is 11.8. The quantitative estimate of drug-likeness (QED) is 0.167. The van der Waals surface area contributed by atoms with E-state index < -0.39 is 0 Å². The molecule has 0 unspecified atom stereocenters. The fourth-order valence-electron chi connectivity index (χ4n) is 2.61. The number of hydrogen-bond donors (Lipinski definition) is 1. The van der Waals surface area contributed by atoms with E-state index in [4.69, 9.17) is 4.99 Å². The summed E-state index contributed by atoms with van der Waals surface area (Å²) in [6, 6.07) is 0. The summed E-state index contributed by atoms with van der Waals surface area (Å²) < 4.78 is 2.20. The van der Waals surface area contributed by atoms with Crippen LogP contribution >= 0.6 is 24.0 Å². The summed E-state index contributed by atoms with van der Waals surface area (Å²) in [4.78, 5) is 11.3. The highest BCUT2D eigenvalue weighted by atomic mass is 127. The van der Waals surface area contributed by atoms with Gasteiger partial charge in [0.15, 0.2) is 5.96 Å². The summed E-state index contributed by atoms with van der Waals surface area (Å²) in [5, 5.41) is 3.39. The maximum absolute atomic E-state index is 4.76. The van der Waals surface area contributed by atoms with Gasteiger partial charge in [0, 0.05) is 45.6 Å². The lowest BCUT2D eigenvalue weighted by Crippen LogP contribution is -2.39. The number of aromatic nitrogens is 2. The van der Waals surface area contributed by atoms with Gasteiger partial charge >= 0.3 is 0 Å². The number of hydrogen-bond acceptors (Lipinski definition) is 2. The van der Waals surface area contributed by atoms with E-state index in [0.29, 0.717) is 0 Å². The summed E-state index contributed by atoms with van der Waals surface area (Å²) in [6.07, 6.45) is 12.9. The molecule has 1 aromatic heterocycles. The van der Waals surface area contributed by atoms with Gasteiger partial charge in [-0.05, 0) is 46.0 Å². The molecule has 0 atom stereocenters. The van der Waals surface area contributed by atoms with Gasteiger partial charge < -0.3 is 14.8 Å². The number of aliphatic imine (C=N–C) groups is 1. The first-order valence-corrected chi connectivity index (χ1v) is 9.27. The van der Waals surface area contributed by atoms with Crippen LogP contribution in [0.3, 0.4) is 0 Å². The third kappa shape index (κ3) is 10.5. The van der Waals surface area contributed by atoms with Crippen LogP contribution in [0.5, 0.6) is 0 Å². The predicted octanol–water partition coefficient (Wildman–Crippen LogP) is 4.23. The Kier molecular flexibility index (Phi) is 14.6. The molecule has 1 N–H and O–H groups in total. The largest absolute Gasteiger partial charge is 0.357 e. The van der Waals surface area contributed by atoms with E-state index in [1.54, 1.807) is 0 Å². The number of halogens is 1. The van der Waals surface area contributed by atoms with Crippen molar-refractivity contribution in [1.29, 1.82) is 0 Å². The number of nitrogens with zero attached hydrogens (tertiary/aromatic N) is 4. The van der Waals surface area contributed by atoms with Crippen molar-refractivity contribution < 1.29 is 0 Å². The number of allylic oxidation sites excluding steroid dienone is 1. The van der Waals surface area contributed by atoms with Crippen LogP contribution in [-0.2, 0) is 6.54 Å². The van der Waals surface area contributed by atoms with E-state index >= 15 is 0 Å². The average Bonchev–Trinajstić information content (AvgIpc) is 2.98. The Morgan fingerprint density at radius 2 is 2.12 bits per heavy atom. The van der Waals surface area contributed by atoms with Crippen molar-refractivity contribution in [1.82, 2.24) is 19.8 Å². The molecule has 1 rings (SSSR count). The van der Waals surface area contributed by atoms with Crippen molar-refractivity contribution in [2.45, 2.75) is 58.9 Å². The standard InChI is InChI=1S/C19H35N5.HI/c1-5-7-8-9-11-15-23(4)19(20-6-2)22-13-10-12-16-24-17-14-21-18(24)3;/h5,14,17H,1,6-13,15-16H2,2-4H3,(H,20,22);1H. The summed E-state index contributed by atoms with van der Waals surface area (Å²) in [7, 11) is 2.13. The molecular formula is C19H36IN5. The lowest BCUT2D eigenvalue weighted by atomic mass is 10.2. The predicted molar refractivity (Wildman–Crippen MR) is 119 cm³/mol. The van der Waals surface area contributed by atoms with Gasteiger partial charge in [-0.15, -0.1) is 30.6 Å². The van der Waals surface area contributed by atoms with Gasteiger partial charge in [-0.2, -0.15) is 0 Å². The van der Waals surface area contributed by atoms with E-state index in [9.17, 15) is 0 Å². The zero-order valence-corrected chi connectivity index (χ0v) is 18.5. The fourth-order valence-corrected chi connectivity index (χ4v) is 2.61. The van der Waals surface area contributed by atoms with Gasteiger partial charge in [0.2, 0.25) is 0 Å². The fraction of sp³-hybridized carbons (Fsp3) is 0.684. The minimum Gasteiger partial charge on any atom is -0.357 e. The summed E-state index contributed by atoms with van der Waals surface area (Å²) in [5.74, 6) is 2.11. The molecular weight excluding hydrogens is 425 g/mol. The second kappa shape index (κ2) is 15.2. The molecule has 0 aliphatic rings. The van der Waals surface area contributed by atoms with E-state index in [1.165, 1.54) is 19.3 Å². The van der Waals surface area contributed by atoms with Gasteiger partial charge in [0.25, 0.3) is 0 Å². The van der Waals surface area contributed by atoms with Crippen molar-refractivity contribution in [2.24, 2.45) is 4.99 Å². The molecule has 0 spiro atoms. The Balaban J connectivity index is 0.00000576. The Labute approximate surface area is 171 Å². The molecule has 144 valence electrons. The molecule has 0 fully saturated rings. The first-order chi connectivity index (χ1) is 11.7. The molecule has 0 aliphatic heterocycles. The SMILES string of the molecule is C=CCCCCCN(C)C(=NCCCCn1ccnc1C)NCC.I. The van der Waals surface area contributed by atoms with E-state index in [1.807, 2.05) is 25.4 Å². The molecule has 5 nitrogen and oxygen atoms in total. The molecule has 0 amide bonds. The summed E-state index contributed by atoms with van der Waals surface area (Å²) >= 11 is 0. The Hall–Kier alpha value is -1.05. The van der Waals surface area contributed by atoms with Gasteiger partial charge in [-0.25, -0.2) is 4.98 Å². The normalized spacial score (nSPS) is 11.1. The molecule has 6 heteroatoms. The average molecular weight is 461 g/mol. The van der Waals surface area contributed by atoms with Crippen LogP contribution in [0.25, 0.3) is 0 Å². The molecule has 0 radical (unpaired) electrons. The van der Waals surface area contributed by atoms with Crippen LogP contribution in [0.15, 0.2) is 30.0 Å². The second-order valence-corrected chi connectivity index (χ2v) is 6.17. The lowest BCUT2D eigenvalue weighted by Gasteiger charge is -2.22. The van der Waals surface area contributed by atoms with Crippen molar-refractivity contribution >= 4 is 29.9 Å². The molecule has 0 bridgehead atoms. The first kappa shape index (κ1) is 23.9. The minimum absolute atomic E-state index is 0. The molecule has 0 aliphatic carbocycles.